The predicted octanol–water partition coefficient (Wildman–Crippen LogP) is 3.72. The maximum atomic E-state index is 13.1. The SMILES string of the molecule is CCCCC(CC)C(=O)NCCN1CCN(c2nc(Cc3ccc(F)cc3)ns2)CC1. The topological polar surface area (TPSA) is 61.4 Å². The minimum absolute atomic E-state index is 0.151. The number of piperazine rings is 1. The Labute approximate surface area is 189 Å². The molecular formula is C23H34FN5OS. The molecule has 1 aromatic heterocycles. The molecule has 1 atom stereocenters. The molecule has 0 aliphatic carbocycles. The summed E-state index contributed by atoms with van der Waals surface area (Å²) < 4.78 is 17.5. The maximum Gasteiger partial charge on any atom is 0.223 e. The van der Waals surface area contributed by atoms with Crippen molar-refractivity contribution < 1.29 is 9.18 Å². The van der Waals surface area contributed by atoms with Crippen LogP contribution in [-0.4, -0.2) is 59.4 Å². The second-order valence-corrected chi connectivity index (χ2v) is 8.89. The third kappa shape index (κ3) is 7.25. The summed E-state index contributed by atoms with van der Waals surface area (Å²) in [6, 6.07) is 6.50. The van der Waals surface area contributed by atoms with Crippen molar-refractivity contribution in [1.82, 2.24) is 19.6 Å². The van der Waals surface area contributed by atoms with Crippen LogP contribution in [0.25, 0.3) is 0 Å². The maximum absolute atomic E-state index is 13.1. The van der Waals surface area contributed by atoms with E-state index in [1.54, 1.807) is 12.1 Å². The summed E-state index contributed by atoms with van der Waals surface area (Å²) in [5.74, 6) is 0.913. The highest BCUT2D eigenvalue weighted by molar-refractivity contribution is 7.09. The average Bonchev–Trinajstić information content (AvgIpc) is 3.25. The van der Waals surface area contributed by atoms with Gasteiger partial charge < -0.3 is 10.2 Å². The average molecular weight is 448 g/mol. The molecule has 1 fully saturated rings. The van der Waals surface area contributed by atoms with Gasteiger partial charge in [0, 0.05) is 63.1 Å². The summed E-state index contributed by atoms with van der Waals surface area (Å²) in [6.07, 6.45) is 4.77. The fraction of sp³-hybridized carbons (Fsp3) is 0.609. The zero-order chi connectivity index (χ0) is 22.1. The second kappa shape index (κ2) is 12.1. The van der Waals surface area contributed by atoms with E-state index in [2.05, 4.69) is 38.3 Å². The van der Waals surface area contributed by atoms with Crippen LogP contribution in [0.4, 0.5) is 9.52 Å². The molecule has 8 heteroatoms. The molecule has 1 saturated heterocycles. The van der Waals surface area contributed by atoms with Crippen LogP contribution in [-0.2, 0) is 11.2 Å². The molecule has 1 aliphatic heterocycles. The van der Waals surface area contributed by atoms with E-state index in [4.69, 9.17) is 0 Å². The first-order chi connectivity index (χ1) is 15.1. The van der Waals surface area contributed by atoms with Gasteiger partial charge in [-0.05, 0) is 30.5 Å². The van der Waals surface area contributed by atoms with Crippen molar-refractivity contribution in [2.24, 2.45) is 5.92 Å². The number of nitrogens with one attached hydrogen (secondary N) is 1. The molecule has 0 bridgehead atoms. The zero-order valence-corrected chi connectivity index (χ0v) is 19.5. The van der Waals surface area contributed by atoms with Gasteiger partial charge in [-0.1, -0.05) is 38.8 Å². The Balaban J connectivity index is 1.38. The molecule has 1 aliphatic rings. The number of hydrogen-bond donors (Lipinski definition) is 1. The number of nitrogens with zero attached hydrogens (tertiary/aromatic N) is 4. The third-order valence-corrected chi connectivity index (χ3v) is 6.69. The Kier molecular flexibility index (Phi) is 9.21. The van der Waals surface area contributed by atoms with E-state index >= 15 is 0 Å². The molecule has 3 rings (SSSR count). The Hall–Kier alpha value is -2.06. The molecule has 6 nitrogen and oxygen atoms in total. The Morgan fingerprint density at radius 2 is 1.94 bits per heavy atom. The van der Waals surface area contributed by atoms with Gasteiger partial charge in [0.05, 0.1) is 0 Å². The number of benzene rings is 1. The highest BCUT2D eigenvalue weighted by Crippen LogP contribution is 2.20. The lowest BCUT2D eigenvalue weighted by molar-refractivity contribution is -0.125. The van der Waals surface area contributed by atoms with Gasteiger partial charge >= 0.3 is 0 Å². The van der Waals surface area contributed by atoms with Crippen molar-refractivity contribution in [3.8, 4) is 0 Å². The number of carbonyl (C=O) groups excluding carboxylic acids is 1. The van der Waals surface area contributed by atoms with E-state index in [1.165, 1.54) is 23.7 Å². The van der Waals surface area contributed by atoms with Gasteiger partial charge in [-0.2, -0.15) is 4.37 Å². The van der Waals surface area contributed by atoms with Crippen molar-refractivity contribution >= 4 is 22.6 Å². The van der Waals surface area contributed by atoms with Gasteiger partial charge in [0.2, 0.25) is 11.0 Å². The van der Waals surface area contributed by atoms with Gasteiger partial charge in [-0.15, -0.1) is 0 Å². The van der Waals surface area contributed by atoms with Crippen molar-refractivity contribution in [2.75, 3.05) is 44.2 Å². The fourth-order valence-corrected chi connectivity index (χ4v) is 4.58. The number of carbonyl (C=O) groups is 1. The number of aromatic nitrogens is 2. The van der Waals surface area contributed by atoms with Crippen LogP contribution >= 0.6 is 11.5 Å². The van der Waals surface area contributed by atoms with Crippen molar-refractivity contribution in [1.29, 1.82) is 0 Å². The molecule has 0 spiro atoms. The summed E-state index contributed by atoms with van der Waals surface area (Å²) in [5, 5.41) is 4.08. The van der Waals surface area contributed by atoms with Crippen LogP contribution in [0.1, 0.15) is 50.9 Å². The molecule has 1 unspecified atom stereocenters. The van der Waals surface area contributed by atoms with Gasteiger partial charge in [0.25, 0.3) is 0 Å². The molecule has 1 N–H and O–H groups in total. The molecule has 0 saturated carbocycles. The number of rotatable bonds is 11. The smallest absolute Gasteiger partial charge is 0.223 e. The summed E-state index contributed by atoms with van der Waals surface area (Å²) in [6.45, 7) is 9.58. The van der Waals surface area contributed by atoms with Crippen LogP contribution in [0.3, 0.4) is 0 Å². The van der Waals surface area contributed by atoms with E-state index in [0.29, 0.717) is 13.0 Å². The van der Waals surface area contributed by atoms with Gasteiger partial charge in [0.1, 0.15) is 11.6 Å². The number of halogens is 1. The van der Waals surface area contributed by atoms with Crippen molar-refractivity contribution in [2.45, 2.75) is 46.0 Å². The van der Waals surface area contributed by atoms with Crippen LogP contribution in [0, 0.1) is 11.7 Å². The number of unbranched alkanes of at least 4 members (excludes halogenated alkanes) is 1. The zero-order valence-electron chi connectivity index (χ0n) is 18.6. The minimum Gasteiger partial charge on any atom is -0.355 e. The van der Waals surface area contributed by atoms with Crippen molar-refractivity contribution in [3.63, 3.8) is 0 Å². The van der Waals surface area contributed by atoms with E-state index in [9.17, 15) is 9.18 Å². The number of hydrogen-bond acceptors (Lipinski definition) is 6. The van der Waals surface area contributed by atoms with Crippen LogP contribution in [0.15, 0.2) is 24.3 Å². The Morgan fingerprint density at radius 1 is 1.19 bits per heavy atom. The first-order valence-corrected chi connectivity index (χ1v) is 12.2. The quantitative estimate of drug-likeness (QED) is 0.569. The summed E-state index contributed by atoms with van der Waals surface area (Å²) in [7, 11) is 0. The Morgan fingerprint density at radius 3 is 2.61 bits per heavy atom. The lowest BCUT2D eigenvalue weighted by atomic mass is 9.98. The van der Waals surface area contributed by atoms with Crippen LogP contribution < -0.4 is 10.2 Å². The second-order valence-electron chi connectivity index (χ2n) is 8.16. The standard InChI is InChI=1S/C23H34FN5OS/c1-3-5-6-19(4-2)22(30)25-11-12-28-13-15-29(16-14-28)23-26-21(27-31-23)17-18-7-9-20(24)10-8-18/h7-10,19H,3-6,11-17H2,1-2H3,(H,25,30). The first-order valence-electron chi connectivity index (χ1n) is 11.4. The molecule has 1 amide bonds. The fourth-order valence-electron chi connectivity index (χ4n) is 3.85. The monoisotopic (exact) mass is 447 g/mol. The van der Waals surface area contributed by atoms with E-state index in [1.807, 2.05) is 0 Å². The van der Waals surface area contributed by atoms with Gasteiger partial charge in [-0.3, -0.25) is 9.69 Å². The summed E-state index contributed by atoms with van der Waals surface area (Å²) >= 11 is 1.43. The lowest BCUT2D eigenvalue weighted by Crippen LogP contribution is -2.48. The molecule has 2 heterocycles. The highest BCUT2D eigenvalue weighted by Gasteiger charge is 2.21. The number of amides is 1. The molecule has 31 heavy (non-hydrogen) atoms. The highest BCUT2D eigenvalue weighted by atomic mass is 32.1. The Bertz CT molecular complexity index is 805. The van der Waals surface area contributed by atoms with Crippen LogP contribution in [0.2, 0.25) is 0 Å². The van der Waals surface area contributed by atoms with E-state index < -0.39 is 0 Å². The summed E-state index contributed by atoms with van der Waals surface area (Å²) in [5.41, 5.74) is 1.01. The normalized spacial score (nSPS) is 15.8. The molecule has 1 aromatic carbocycles. The minimum atomic E-state index is -0.227. The predicted molar refractivity (Wildman–Crippen MR) is 124 cm³/mol. The molecule has 2 aromatic rings. The number of anilines is 1. The molecule has 0 radical (unpaired) electrons. The third-order valence-electron chi connectivity index (χ3n) is 5.87. The van der Waals surface area contributed by atoms with E-state index in [-0.39, 0.29) is 17.6 Å². The van der Waals surface area contributed by atoms with Crippen LogP contribution in [0.5, 0.6) is 0 Å². The summed E-state index contributed by atoms with van der Waals surface area (Å²) in [4.78, 5) is 21.7. The van der Waals surface area contributed by atoms with Gasteiger partial charge in [-0.25, -0.2) is 9.37 Å². The van der Waals surface area contributed by atoms with E-state index in [0.717, 1.165) is 74.9 Å². The van der Waals surface area contributed by atoms with Crippen molar-refractivity contribution in [3.05, 3.63) is 41.5 Å². The van der Waals surface area contributed by atoms with Gasteiger partial charge in [0.15, 0.2) is 0 Å². The molecular weight excluding hydrogens is 413 g/mol. The molecule has 170 valence electrons. The lowest BCUT2D eigenvalue weighted by Gasteiger charge is -2.34. The largest absolute Gasteiger partial charge is 0.355 e. The first kappa shape index (κ1) is 23.6.